The minimum absolute atomic E-state index is 0.0914. The van der Waals surface area contributed by atoms with E-state index in [1.54, 1.807) is 37.3 Å². The van der Waals surface area contributed by atoms with Gasteiger partial charge in [0.1, 0.15) is 16.5 Å². The highest BCUT2D eigenvalue weighted by atomic mass is 32.1. The summed E-state index contributed by atoms with van der Waals surface area (Å²) in [5.74, 6) is 0.455. The SMILES string of the molecule is COCCN(CCC(=O)Nc1nnc(-c2ccccc2)s1)C(=O)c1ccc(OC)cc1OC. The van der Waals surface area contributed by atoms with Crippen LogP contribution in [-0.4, -0.2) is 67.9 Å². The number of hydrogen-bond donors (Lipinski definition) is 1. The molecule has 0 aliphatic rings. The van der Waals surface area contributed by atoms with E-state index in [0.717, 1.165) is 10.6 Å². The van der Waals surface area contributed by atoms with Gasteiger partial charge < -0.3 is 24.4 Å². The highest BCUT2D eigenvalue weighted by Crippen LogP contribution is 2.27. The molecule has 0 aliphatic carbocycles. The summed E-state index contributed by atoms with van der Waals surface area (Å²) in [6, 6.07) is 14.6. The minimum Gasteiger partial charge on any atom is -0.497 e. The Morgan fingerprint density at radius 2 is 1.79 bits per heavy atom. The quantitative estimate of drug-likeness (QED) is 0.458. The lowest BCUT2D eigenvalue weighted by Crippen LogP contribution is -2.36. The van der Waals surface area contributed by atoms with Gasteiger partial charge in [-0.25, -0.2) is 0 Å². The number of nitrogens with one attached hydrogen (secondary N) is 1. The van der Waals surface area contributed by atoms with Crippen molar-refractivity contribution in [3.05, 3.63) is 54.1 Å². The number of aromatic nitrogens is 2. The largest absolute Gasteiger partial charge is 0.497 e. The number of benzene rings is 2. The van der Waals surface area contributed by atoms with Crippen molar-refractivity contribution in [1.29, 1.82) is 0 Å². The lowest BCUT2D eigenvalue weighted by Gasteiger charge is -2.23. The molecule has 0 aliphatic heterocycles. The molecule has 10 heteroatoms. The third-order valence-electron chi connectivity index (χ3n) is 4.79. The maximum Gasteiger partial charge on any atom is 0.257 e. The first-order chi connectivity index (χ1) is 16.0. The van der Waals surface area contributed by atoms with Crippen LogP contribution in [0.15, 0.2) is 48.5 Å². The molecule has 33 heavy (non-hydrogen) atoms. The van der Waals surface area contributed by atoms with Gasteiger partial charge >= 0.3 is 0 Å². The van der Waals surface area contributed by atoms with Crippen LogP contribution in [0, 0.1) is 0 Å². The predicted molar refractivity (Wildman–Crippen MR) is 126 cm³/mol. The molecule has 0 fully saturated rings. The van der Waals surface area contributed by atoms with Gasteiger partial charge in [-0.05, 0) is 12.1 Å². The van der Waals surface area contributed by atoms with Crippen LogP contribution < -0.4 is 14.8 Å². The first-order valence-corrected chi connectivity index (χ1v) is 11.1. The number of nitrogens with zero attached hydrogens (tertiary/aromatic N) is 3. The van der Waals surface area contributed by atoms with E-state index in [4.69, 9.17) is 14.2 Å². The first kappa shape index (κ1) is 24.1. The number of carbonyl (C=O) groups is 2. The summed E-state index contributed by atoms with van der Waals surface area (Å²) in [7, 11) is 4.59. The van der Waals surface area contributed by atoms with Gasteiger partial charge in [0, 0.05) is 38.2 Å². The minimum atomic E-state index is -0.262. The Balaban J connectivity index is 1.64. The molecule has 9 nitrogen and oxygen atoms in total. The number of amides is 2. The van der Waals surface area contributed by atoms with E-state index in [2.05, 4.69) is 15.5 Å². The van der Waals surface area contributed by atoms with E-state index >= 15 is 0 Å². The third kappa shape index (κ3) is 6.50. The van der Waals surface area contributed by atoms with E-state index in [-0.39, 0.29) is 24.8 Å². The summed E-state index contributed by atoms with van der Waals surface area (Å²) in [5.41, 5.74) is 1.31. The lowest BCUT2D eigenvalue weighted by atomic mass is 10.1. The Morgan fingerprint density at radius 1 is 1.00 bits per heavy atom. The normalized spacial score (nSPS) is 10.5. The molecule has 2 aromatic carbocycles. The van der Waals surface area contributed by atoms with Gasteiger partial charge in [0.25, 0.3) is 5.91 Å². The molecule has 0 bridgehead atoms. The van der Waals surface area contributed by atoms with Crippen molar-refractivity contribution in [2.24, 2.45) is 0 Å². The first-order valence-electron chi connectivity index (χ1n) is 10.2. The summed E-state index contributed by atoms with van der Waals surface area (Å²) < 4.78 is 15.7. The smallest absolute Gasteiger partial charge is 0.257 e. The Morgan fingerprint density at radius 3 is 2.48 bits per heavy atom. The molecule has 0 atom stereocenters. The second kappa shape index (κ2) is 11.9. The van der Waals surface area contributed by atoms with Crippen LogP contribution in [0.2, 0.25) is 0 Å². The molecule has 0 unspecified atom stereocenters. The zero-order valence-corrected chi connectivity index (χ0v) is 19.6. The molecule has 3 rings (SSSR count). The summed E-state index contributed by atoms with van der Waals surface area (Å²) >= 11 is 1.29. The fourth-order valence-electron chi connectivity index (χ4n) is 3.05. The number of methoxy groups -OCH3 is 3. The molecule has 2 amide bonds. The summed E-state index contributed by atoms with van der Waals surface area (Å²) in [6.45, 7) is 0.866. The third-order valence-corrected chi connectivity index (χ3v) is 5.68. The molecule has 0 spiro atoms. The molecule has 174 valence electrons. The summed E-state index contributed by atoms with van der Waals surface area (Å²) in [5, 5.41) is 12.0. The Bertz CT molecular complexity index is 1070. The van der Waals surface area contributed by atoms with E-state index in [0.29, 0.717) is 35.3 Å². The molecule has 0 radical (unpaired) electrons. The average molecular weight is 471 g/mol. The van der Waals surface area contributed by atoms with Crippen molar-refractivity contribution in [1.82, 2.24) is 15.1 Å². The van der Waals surface area contributed by atoms with Crippen LogP contribution in [0.25, 0.3) is 10.6 Å². The number of carbonyl (C=O) groups excluding carboxylic acids is 2. The fraction of sp³-hybridized carbons (Fsp3) is 0.304. The van der Waals surface area contributed by atoms with E-state index < -0.39 is 0 Å². The zero-order valence-electron chi connectivity index (χ0n) is 18.7. The fourth-order valence-corrected chi connectivity index (χ4v) is 3.82. The van der Waals surface area contributed by atoms with Gasteiger partial charge in [-0.1, -0.05) is 41.7 Å². The van der Waals surface area contributed by atoms with Crippen LogP contribution in [0.4, 0.5) is 5.13 Å². The molecule has 0 saturated carbocycles. The summed E-state index contributed by atoms with van der Waals surface area (Å²) in [6.07, 6.45) is 0.0914. The zero-order chi connectivity index (χ0) is 23.6. The molecule has 1 N–H and O–H groups in total. The molecule has 0 saturated heterocycles. The number of ether oxygens (including phenoxy) is 3. The van der Waals surface area contributed by atoms with Gasteiger partial charge in [0.15, 0.2) is 0 Å². The number of hydrogen-bond acceptors (Lipinski definition) is 8. The maximum atomic E-state index is 13.2. The molecule has 1 heterocycles. The maximum absolute atomic E-state index is 13.2. The predicted octanol–water partition coefficient (Wildman–Crippen LogP) is 3.34. The van der Waals surface area contributed by atoms with Crippen molar-refractivity contribution in [3.63, 3.8) is 0 Å². The molecule has 1 aromatic heterocycles. The average Bonchev–Trinajstić information content (AvgIpc) is 3.32. The summed E-state index contributed by atoms with van der Waals surface area (Å²) in [4.78, 5) is 27.2. The van der Waals surface area contributed by atoms with Crippen molar-refractivity contribution in [3.8, 4) is 22.1 Å². The van der Waals surface area contributed by atoms with E-state index in [1.165, 1.54) is 18.4 Å². The second-order valence-electron chi connectivity index (χ2n) is 6.93. The Labute approximate surface area is 196 Å². The van der Waals surface area contributed by atoms with Gasteiger partial charge in [-0.3, -0.25) is 9.59 Å². The van der Waals surface area contributed by atoms with Crippen molar-refractivity contribution in [2.45, 2.75) is 6.42 Å². The van der Waals surface area contributed by atoms with Gasteiger partial charge in [-0.15, -0.1) is 10.2 Å². The Kier molecular flexibility index (Phi) is 8.73. The second-order valence-corrected chi connectivity index (χ2v) is 7.91. The monoisotopic (exact) mass is 470 g/mol. The van der Waals surface area contributed by atoms with Gasteiger partial charge in [0.05, 0.1) is 26.4 Å². The van der Waals surface area contributed by atoms with Crippen LogP contribution in [0.3, 0.4) is 0 Å². The van der Waals surface area contributed by atoms with Gasteiger partial charge in [-0.2, -0.15) is 0 Å². The van der Waals surface area contributed by atoms with E-state index in [9.17, 15) is 9.59 Å². The lowest BCUT2D eigenvalue weighted by molar-refractivity contribution is -0.116. The van der Waals surface area contributed by atoms with Crippen LogP contribution in [0.1, 0.15) is 16.8 Å². The molecule has 3 aromatic rings. The molecular formula is C23H26N4O5S. The van der Waals surface area contributed by atoms with Crippen LogP contribution >= 0.6 is 11.3 Å². The number of anilines is 1. The topological polar surface area (TPSA) is 103 Å². The Hall–Kier alpha value is -3.50. The number of rotatable bonds is 11. The highest BCUT2D eigenvalue weighted by Gasteiger charge is 2.21. The van der Waals surface area contributed by atoms with E-state index in [1.807, 2.05) is 30.3 Å². The van der Waals surface area contributed by atoms with Crippen molar-refractivity contribution < 1.29 is 23.8 Å². The van der Waals surface area contributed by atoms with Gasteiger partial charge in [0.2, 0.25) is 11.0 Å². The van der Waals surface area contributed by atoms with Crippen LogP contribution in [-0.2, 0) is 9.53 Å². The standard InChI is InChI=1S/C23H26N4O5S/c1-30-14-13-27(22(29)18-10-9-17(31-2)15-19(18)32-3)12-11-20(28)24-23-26-25-21(33-23)16-7-5-4-6-8-16/h4-10,15H,11-14H2,1-3H3,(H,24,26,28). The highest BCUT2D eigenvalue weighted by molar-refractivity contribution is 7.18. The van der Waals surface area contributed by atoms with Crippen molar-refractivity contribution >= 4 is 28.3 Å². The van der Waals surface area contributed by atoms with Crippen LogP contribution in [0.5, 0.6) is 11.5 Å². The van der Waals surface area contributed by atoms with Crippen molar-refractivity contribution in [2.75, 3.05) is 46.3 Å². The molecular weight excluding hydrogens is 444 g/mol.